The molecule has 0 N–H and O–H groups in total. The van der Waals surface area contributed by atoms with Crippen molar-refractivity contribution in [1.29, 1.82) is 0 Å². The average molecular weight is 399 g/mol. The van der Waals surface area contributed by atoms with Gasteiger partial charge in [-0.15, -0.1) is 0 Å². The van der Waals surface area contributed by atoms with Gasteiger partial charge in [0, 0.05) is 4.90 Å². The topological polar surface area (TPSA) is 36.9 Å². The molecule has 0 radical (unpaired) electrons. The number of allylic oxidation sites excluding steroid dienone is 1. The summed E-state index contributed by atoms with van der Waals surface area (Å²) in [6.07, 6.45) is 1.02. The lowest BCUT2D eigenvalue weighted by Gasteiger charge is -2.25. The monoisotopic (exact) mass is 398 g/mol. The molecule has 4 nitrogen and oxygen atoms in total. The van der Waals surface area contributed by atoms with Crippen LogP contribution in [0.4, 0.5) is 0 Å². The number of fused-ring (bicyclic) bond motifs is 1. The molecule has 0 saturated carbocycles. The zero-order valence-electron chi connectivity index (χ0n) is 16.4. The Morgan fingerprint density at radius 1 is 1.04 bits per heavy atom. The van der Waals surface area contributed by atoms with Crippen molar-refractivity contribution in [3.8, 4) is 0 Å². The van der Waals surface area contributed by atoms with Gasteiger partial charge < -0.3 is 18.9 Å². The highest BCUT2D eigenvalue weighted by Crippen LogP contribution is 2.40. The zero-order chi connectivity index (χ0) is 19.6. The standard InChI is InChI=1S/C23H26O4S/c1-16(28-18-12-8-5-9-13-18)14-19-20(24-15-17-10-6-4-7-11-17)21-22(25-19)27-23(2,3)26-21/h4-14,19-22H,15H2,1-3H3/b16-14+/t19-,20+,21-,22-/m1/s1. The maximum Gasteiger partial charge on any atom is 0.190 e. The van der Waals surface area contributed by atoms with Crippen molar-refractivity contribution in [1.82, 2.24) is 0 Å². The summed E-state index contributed by atoms with van der Waals surface area (Å²) in [4.78, 5) is 2.36. The van der Waals surface area contributed by atoms with Gasteiger partial charge in [0.1, 0.15) is 18.3 Å². The van der Waals surface area contributed by atoms with E-state index in [-0.39, 0.29) is 18.3 Å². The fraction of sp³-hybridized carbons (Fsp3) is 0.391. The van der Waals surface area contributed by atoms with Gasteiger partial charge in [0.15, 0.2) is 12.1 Å². The number of thioether (sulfide) groups is 1. The van der Waals surface area contributed by atoms with Crippen molar-refractivity contribution >= 4 is 11.8 Å². The van der Waals surface area contributed by atoms with E-state index in [1.54, 1.807) is 11.8 Å². The molecular formula is C23H26O4S. The minimum Gasteiger partial charge on any atom is -0.368 e. The molecule has 2 aromatic rings. The lowest BCUT2D eigenvalue weighted by molar-refractivity contribution is -0.213. The van der Waals surface area contributed by atoms with Gasteiger partial charge in [-0.25, -0.2) is 0 Å². The third-order valence-electron chi connectivity index (χ3n) is 4.73. The zero-order valence-corrected chi connectivity index (χ0v) is 17.2. The Bertz CT molecular complexity index is 806. The van der Waals surface area contributed by atoms with Crippen LogP contribution in [0.5, 0.6) is 0 Å². The SMILES string of the molecule is C/C(=C\[C@H]1O[C@@H]2OC(C)(C)O[C@@H]2[C@H]1OCc1ccccc1)Sc1ccccc1. The van der Waals surface area contributed by atoms with Gasteiger partial charge in [-0.3, -0.25) is 0 Å². The van der Waals surface area contributed by atoms with Gasteiger partial charge >= 0.3 is 0 Å². The quantitative estimate of drug-likeness (QED) is 0.630. The van der Waals surface area contributed by atoms with Crippen molar-refractivity contribution in [3.63, 3.8) is 0 Å². The number of hydrogen-bond acceptors (Lipinski definition) is 5. The van der Waals surface area contributed by atoms with E-state index in [4.69, 9.17) is 18.9 Å². The molecular weight excluding hydrogens is 372 g/mol. The fourth-order valence-electron chi connectivity index (χ4n) is 3.53. The lowest BCUT2D eigenvalue weighted by Crippen LogP contribution is -2.36. The first kappa shape index (κ1) is 19.7. The molecule has 0 aromatic heterocycles. The number of rotatable bonds is 6. The van der Waals surface area contributed by atoms with E-state index in [1.807, 2.05) is 50.2 Å². The minimum atomic E-state index is -0.661. The molecule has 0 unspecified atom stereocenters. The van der Waals surface area contributed by atoms with E-state index in [0.717, 1.165) is 10.5 Å². The molecule has 2 aliphatic heterocycles. The van der Waals surface area contributed by atoms with Crippen molar-refractivity contribution in [2.24, 2.45) is 0 Å². The van der Waals surface area contributed by atoms with Gasteiger partial charge in [-0.1, -0.05) is 60.3 Å². The molecule has 0 aliphatic carbocycles. The van der Waals surface area contributed by atoms with Gasteiger partial charge in [0.2, 0.25) is 0 Å². The smallest absolute Gasteiger partial charge is 0.190 e. The maximum atomic E-state index is 6.28. The predicted molar refractivity (Wildman–Crippen MR) is 110 cm³/mol. The van der Waals surface area contributed by atoms with Crippen LogP contribution in [-0.4, -0.2) is 30.4 Å². The molecule has 148 valence electrons. The Balaban J connectivity index is 1.49. The summed E-state index contributed by atoms with van der Waals surface area (Å²) in [5, 5.41) is 0. The molecule has 0 bridgehead atoms. The van der Waals surface area contributed by atoms with Gasteiger partial charge in [-0.2, -0.15) is 0 Å². The number of ether oxygens (including phenoxy) is 4. The summed E-state index contributed by atoms with van der Waals surface area (Å²) < 4.78 is 24.5. The molecule has 2 aromatic carbocycles. The van der Waals surface area contributed by atoms with E-state index in [9.17, 15) is 0 Å². The maximum absolute atomic E-state index is 6.28. The average Bonchev–Trinajstić information content (AvgIpc) is 3.12. The molecule has 4 rings (SSSR count). The summed E-state index contributed by atoms with van der Waals surface area (Å²) in [7, 11) is 0. The third-order valence-corrected chi connectivity index (χ3v) is 5.70. The summed E-state index contributed by atoms with van der Waals surface area (Å²) in [5.41, 5.74) is 1.13. The van der Waals surface area contributed by atoms with Crippen LogP contribution in [-0.2, 0) is 25.6 Å². The molecule has 0 spiro atoms. The highest BCUT2D eigenvalue weighted by molar-refractivity contribution is 8.03. The Hall–Kier alpha value is -1.63. The Kier molecular flexibility index (Phi) is 5.90. The second-order valence-electron chi connectivity index (χ2n) is 7.52. The van der Waals surface area contributed by atoms with Crippen LogP contribution in [0.2, 0.25) is 0 Å². The number of hydrogen-bond donors (Lipinski definition) is 0. The van der Waals surface area contributed by atoms with Gasteiger partial charge in [0.05, 0.1) is 6.61 Å². The molecule has 0 amide bonds. The molecule has 2 aliphatic rings. The van der Waals surface area contributed by atoms with E-state index in [1.165, 1.54) is 4.90 Å². The van der Waals surface area contributed by atoms with E-state index >= 15 is 0 Å². The van der Waals surface area contributed by atoms with Crippen LogP contribution in [0.25, 0.3) is 0 Å². The van der Waals surface area contributed by atoms with Crippen LogP contribution in [0.15, 0.2) is 76.5 Å². The van der Waals surface area contributed by atoms with Crippen LogP contribution in [0.3, 0.4) is 0 Å². The summed E-state index contributed by atoms with van der Waals surface area (Å²) in [5.74, 6) is -0.661. The van der Waals surface area contributed by atoms with Crippen LogP contribution in [0, 0.1) is 0 Å². The normalized spacial score (nSPS) is 29.0. The van der Waals surface area contributed by atoms with Gasteiger partial charge in [0.25, 0.3) is 0 Å². The molecule has 5 heteroatoms. The van der Waals surface area contributed by atoms with E-state index < -0.39 is 12.1 Å². The van der Waals surface area contributed by atoms with Crippen LogP contribution >= 0.6 is 11.8 Å². The van der Waals surface area contributed by atoms with Crippen molar-refractivity contribution in [3.05, 3.63) is 77.2 Å². The first-order valence-electron chi connectivity index (χ1n) is 9.58. The highest BCUT2D eigenvalue weighted by atomic mass is 32.2. The van der Waals surface area contributed by atoms with E-state index in [0.29, 0.717) is 6.61 Å². The molecule has 2 saturated heterocycles. The van der Waals surface area contributed by atoms with Crippen LogP contribution in [0.1, 0.15) is 26.3 Å². The second-order valence-corrected chi connectivity index (χ2v) is 8.84. The minimum absolute atomic E-state index is 0.217. The Labute approximate surface area is 170 Å². The highest BCUT2D eigenvalue weighted by Gasteiger charge is 2.54. The first-order valence-corrected chi connectivity index (χ1v) is 10.4. The fourth-order valence-corrected chi connectivity index (χ4v) is 4.40. The van der Waals surface area contributed by atoms with E-state index in [2.05, 4.69) is 37.3 Å². The third kappa shape index (κ3) is 4.67. The van der Waals surface area contributed by atoms with Crippen molar-refractivity contribution in [2.45, 2.75) is 62.7 Å². The summed E-state index contributed by atoms with van der Waals surface area (Å²) in [6, 6.07) is 20.5. The second kappa shape index (κ2) is 8.39. The number of benzene rings is 2. The molecule has 4 atom stereocenters. The largest absolute Gasteiger partial charge is 0.368 e. The predicted octanol–water partition coefficient (Wildman–Crippen LogP) is 5.14. The summed E-state index contributed by atoms with van der Waals surface area (Å²) >= 11 is 1.72. The van der Waals surface area contributed by atoms with Gasteiger partial charge in [-0.05, 0) is 49.4 Å². The Morgan fingerprint density at radius 2 is 1.71 bits per heavy atom. The molecule has 2 fully saturated rings. The molecule has 2 heterocycles. The lowest BCUT2D eigenvalue weighted by atomic mass is 10.1. The van der Waals surface area contributed by atoms with Crippen molar-refractivity contribution in [2.75, 3.05) is 0 Å². The first-order chi connectivity index (χ1) is 13.5. The summed E-state index contributed by atoms with van der Waals surface area (Å²) in [6.45, 7) is 6.42. The van der Waals surface area contributed by atoms with Crippen molar-refractivity contribution < 1.29 is 18.9 Å². The van der Waals surface area contributed by atoms with Crippen LogP contribution < -0.4 is 0 Å². The Morgan fingerprint density at radius 3 is 2.43 bits per heavy atom. The molecule has 28 heavy (non-hydrogen) atoms.